The van der Waals surface area contributed by atoms with Crippen LogP contribution in [0.25, 0.3) is 0 Å². The van der Waals surface area contributed by atoms with Crippen molar-refractivity contribution in [1.82, 2.24) is 9.80 Å². The third-order valence-corrected chi connectivity index (χ3v) is 5.55. The molecule has 0 aliphatic carbocycles. The van der Waals surface area contributed by atoms with Gasteiger partial charge in [-0.1, -0.05) is 60.7 Å². The van der Waals surface area contributed by atoms with Gasteiger partial charge in [-0.05, 0) is 17.5 Å². The molecule has 27 heavy (non-hydrogen) atoms. The maximum Gasteiger partial charge on any atom is 0.253 e. The largest absolute Gasteiger partial charge is 0.378 e. The molecular weight excluding hydrogens is 340 g/mol. The zero-order valence-corrected chi connectivity index (χ0v) is 15.3. The molecule has 0 N–H and O–H groups in total. The van der Waals surface area contributed by atoms with Crippen molar-refractivity contribution in [3.63, 3.8) is 0 Å². The number of rotatable bonds is 4. The lowest BCUT2D eigenvalue weighted by molar-refractivity contribution is -0.153. The molecule has 2 fully saturated rings. The highest BCUT2D eigenvalue weighted by Crippen LogP contribution is 2.42. The van der Waals surface area contributed by atoms with Crippen molar-refractivity contribution < 1.29 is 14.3 Å². The number of carbonyl (C=O) groups is 2. The molecule has 0 aromatic heterocycles. The van der Waals surface area contributed by atoms with Gasteiger partial charge in [0.05, 0.1) is 13.2 Å². The minimum absolute atomic E-state index is 0.0128. The molecule has 2 heterocycles. The molecule has 0 bridgehead atoms. The van der Waals surface area contributed by atoms with Crippen LogP contribution >= 0.6 is 0 Å². The van der Waals surface area contributed by atoms with E-state index in [1.807, 2.05) is 65.6 Å². The first-order chi connectivity index (χ1) is 13.2. The van der Waals surface area contributed by atoms with Gasteiger partial charge in [-0.2, -0.15) is 0 Å². The van der Waals surface area contributed by atoms with Crippen LogP contribution in [0.3, 0.4) is 0 Å². The number of benzene rings is 2. The average molecular weight is 364 g/mol. The predicted octanol–water partition coefficient (Wildman–Crippen LogP) is 2.56. The van der Waals surface area contributed by atoms with E-state index in [1.54, 1.807) is 4.90 Å². The summed E-state index contributed by atoms with van der Waals surface area (Å²) < 4.78 is 5.42. The van der Waals surface area contributed by atoms with Crippen molar-refractivity contribution in [2.24, 2.45) is 0 Å². The molecule has 1 atom stereocenters. The summed E-state index contributed by atoms with van der Waals surface area (Å²) in [7, 11) is 0. The van der Waals surface area contributed by atoms with Gasteiger partial charge in [-0.25, -0.2) is 0 Å². The van der Waals surface area contributed by atoms with Gasteiger partial charge < -0.3 is 14.5 Å². The van der Waals surface area contributed by atoms with E-state index in [4.69, 9.17) is 4.74 Å². The van der Waals surface area contributed by atoms with Crippen molar-refractivity contribution in [3.8, 4) is 0 Å². The van der Waals surface area contributed by atoms with Crippen LogP contribution in [-0.4, -0.2) is 47.9 Å². The van der Waals surface area contributed by atoms with Crippen LogP contribution in [0.5, 0.6) is 0 Å². The smallest absolute Gasteiger partial charge is 0.253 e. The average Bonchev–Trinajstić information content (AvgIpc) is 3.07. The lowest BCUT2D eigenvalue weighted by atomic mass is 9.85. The Morgan fingerprint density at radius 1 is 0.963 bits per heavy atom. The lowest BCUT2D eigenvalue weighted by Gasteiger charge is -2.42. The Labute approximate surface area is 159 Å². The van der Waals surface area contributed by atoms with Crippen molar-refractivity contribution in [2.45, 2.75) is 24.9 Å². The SMILES string of the molecule is O=C1CC[C@](C(=O)N2CCOCC2)(c2ccccc2)N1Cc1ccccc1. The van der Waals surface area contributed by atoms with Crippen LogP contribution < -0.4 is 0 Å². The fourth-order valence-electron chi connectivity index (χ4n) is 4.15. The summed E-state index contributed by atoms with van der Waals surface area (Å²) in [5, 5.41) is 0. The molecule has 0 spiro atoms. The quantitative estimate of drug-likeness (QED) is 0.838. The maximum atomic E-state index is 13.7. The van der Waals surface area contributed by atoms with E-state index in [0.29, 0.717) is 45.7 Å². The van der Waals surface area contributed by atoms with E-state index in [-0.39, 0.29) is 11.8 Å². The molecular formula is C22H24N2O3. The van der Waals surface area contributed by atoms with E-state index in [2.05, 4.69) is 0 Å². The topological polar surface area (TPSA) is 49.9 Å². The Morgan fingerprint density at radius 3 is 2.26 bits per heavy atom. The molecule has 2 aromatic rings. The highest BCUT2D eigenvalue weighted by molar-refractivity contribution is 5.95. The summed E-state index contributed by atoms with van der Waals surface area (Å²) in [6, 6.07) is 19.6. The minimum Gasteiger partial charge on any atom is -0.378 e. The van der Waals surface area contributed by atoms with Crippen LogP contribution in [0.4, 0.5) is 0 Å². The standard InChI is InChI=1S/C22H24N2O3/c25-20-11-12-22(19-9-5-2-6-10-19,21(26)23-13-15-27-16-14-23)24(20)17-18-7-3-1-4-8-18/h1-10H,11-17H2/t22-/m1/s1. The van der Waals surface area contributed by atoms with Crippen molar-refractivity contribution >= 4 is 11.8 Å². The number of amides is 2. The molecule has 2 aliphatic heterocycles. The van der Waals surface area contributed by atoms with Crippen LogP contribution in [0.15, 0.2) is 60.7 Å². The van der Waals surface area contributed by atoms with Gasteiger partial charge in [0, 0.05) is 26.1 Å². The highest BCUT2D eigenvalue weighted by atomic mass is 16.5. The zero-order valence-electron chi connectivity index (χ0n) is 15.3. The number of likely N-dealkylation sites (tertiary alicyclic amines) is 1. The summed E-state index contributed by atoms with van der Waals surface area (Å²) in [5.41, 5.74) is 0.983. The van der Waals surface area contributed by atoms with E-state index >= 15 is 0 Å². The van der Waals surface area contributed by atoms with Crippen molar-refractivity contribution in [3.05, 3.63) is 71.8 Å². The normalized spacial score (nSPS) is 22.9. The highest BCUT2D eigenvalue weighted by Gasteiger charge is 2.53. The Morgan fingerprint density at radius 2 is 1.59 bits per heavy atom. The number of morpholine rings is 1. The third kappa shape index (κ3) is 3.23. The molecule has 4 rings (SSSR count). The van der Waals surface area contributed by atoms with Crippen LogP contribution in [0.2, 0.25) is 0 Å². The van der Waals surface area contributed by atoms with Gasteiger partial charge in [-0.3, -0.25) is 9.59 Å². The molecule has 0 radical (unpaired) electrons. The third-order valence-electron chi connectivity index (χ3n) is 5.55. The van der Waals surface area contributed by atoms with Gasteiger partial charge in [0.25, 0.3) is 5.91 Å². The molecule has 0 unspecified atom stereocenters. The molecule has 5 heteroatoms. The first kappa shape index (κ1) is 17.7. The summed E-state index contributed by atoms with van der Waals surface area (Å²) in [6.07, 6.45) is 0.899. The second-order valence-corrected chi connectivity index (χ2v) is 7.10. The zero-order chi connectivity index (χ0) is 18.7. The Bertz CT molecular complexity index is 803. The molecule has 2 amide bonds. The van der Waals surface area contributed by atoms with Gasteiger partial charge in [0.1, 0.15) is 5.54 Å². The molecule has 2 aliphatic rings. The number of hydrogen-bond donors (Lipinski definition) is 0. The number of carbonyl (C=O) groups excluding carboxylic acids is 2. The molecule has 140 valence electrons. The first-order valence-electron chi connectivity index (χ1n) is 9.49. The Kier molecular flexibility index (Phi) is 4.94. The molecule has 5 nitrogen and oxygen atoms in total. The van der Waals surface area contributed by atoms with Gasteiger partial charge in [-0.15, -0.1) is 0 Å². The molecule has 0 saturated carbocycles. The fourth-order valence-corrected chi connectivity index (χ4v) is 4.15. The van der Waals surface area contributed by atoms with E-state index in [0.717, 1.165) is 11.1 Å². The number of ether oxygens (including phenoxy) is 1. The summed E-state index contributed by atoms with van der Waals surface area (Å²) >= 11 is 0. The monoisotopic (exact) mass is 364 g/mol. The van der Waals surface area contributed by atoms with E-state index in [1.165, 1.54) is 0 Å². The van der Waals surface area contributed by atoms with E-state index in [9.17, 15) is 9.59 Å². The molecule has 2 saturated heterocycles. The fraction of sp³-hybridized carbons (Fsp3) is 0.364. The van der Waals surface area contributed by atoms with Crippen molar-refractivity contribution in [1.29, 1.82) is 0 Å². The van der Waals surface area contributed by atoms with Gasteiger partial charge in [0.2, 0.25) is 5.91 Å². The van der Waals surface area contributed by atoms with Crippen molar-refractivity contribution in [2.75, 3.05) is 26.3 Å². The predicted molar refractivity (Wildman–Crippen MR) is 102 cm³/mol. The van der Waals surface area contributed by atoms with E-state index < -0.39 is 5.54 Å². The van der Waals surface area contributed by atoms with Gasteiger partial charge >= 0.3 is 0 Å². The molecule has 2 aromatic carbocycles. The van der Waals surface area contributed by atoms with Crippen LogP contribution in [-0.2, 0) is 26.4 Å². The van der Waals surface area contributed by atoms with Crippen LogP contribution in [0.1, 0.15) is 24.0 Å². The minimum atomic E-state index is -0.939. The first-order valence-corrected chi connectivity index (χ1v) is 9.49. The lowest BCUT2D eigenvalue weighted by Crippen LogP contribution is -2.57. The summed E-state index contributed by atoms with van der Waals surface area (Å²) in [6.45, 7) is 2.67. The summed E-state index contributed by atoms with van der Waals surface area (Å²) in [4.78, 5) is 30.3. The Balaban J connectivity index is 1.76. The van der Waals surface area contributed by atoms with Crippen LogP contribution in [0, 0.1) is 0 Å². The number of hydrogen-bond acceptors (Lipinski definition) is 3. The summed E-state index contributed by atoms with van der Waals surface area (Å²) in [5.74, 6) is 0.0445. The second-order valence-electron chi connectivity index (χ2n) is 7.10. The second kappa shape index (κ2) is 7.53. The Hall–Kier alpha value is -2.66. The number of nitrogens with zero attached hydrogens (tertiary/aromatic N) is 2. The maximum absolute atomic E-state index is 13.7. The van der Waals surface area contributed by atoms with Gasteiger partial charge in [0.15, 0.2) is 0 Å².